The van der Waals surface area contributed by atoms with Crippen molar-refractivity contribution in [1.29, 1.82) is 0 Å². The average Bonchev–Trinajstić information content (AvgIpc) is 2.30. The lowest BCUT2D eigenvalue weighted by Crippen LogP contribution is -1.97. The summed E-state index contributed by atoms with van der Waals surface area (Å²) in [6.07, 6.45) is 8.42. The highest BCUT2D eigenvalue weighted by atomic mass is 14.7. The van der Waals surface area contributed by atoms with Crippen LogP contribution in [-0.4, -0.2) is 4.98 Å². The van der Waals surface area contributed by atoms with E-state index in [0.717, 1.165) is 0 Å². The van der Waals surface area contributed by atoms with E-state index in [-0.39, 0.29) is 0 Å². The topological polar surface area (TPSA) is 12.9 Å². The summed E-state index contributed by atoms with van der Waals surface area (Å²) in [4.78, 5) is 4.44. The molecule has 0 unspecified atom stereocenters. The van der Waals surface area contributed by atoms with Crippen LogP contribution in [0.1, 0.15) is 36.1 Å². The van der Waals surface area contributed by atoms with Gasteiger partial charge in [-0.05, 0) is 49.8 Å². The Morgan fingerprint density at radius 2 is 2.00 bits per heavy atom. The van der Waals surface area contributed by atoms with Crippen LogP contribution in [0, 0.1) is 6.92 Å². The molecule has 1 aromatic heterocycles. The zero-order valence-corrected chi connectivity index (χ0v) is 7.64. The van der Waals surface area contributed by atoms with Crippen molar-refractivity contribution in [2.24, 2.45) is 0 Å². The Hall–Kier alpha value is -0.850. The van der Waals surface area contributed by atoms with Gasteiger partial charge in [0.2, 0.25) is 0 Å². The van der Waals surface area contributed by atoms with Gasteiger partial charge >= 0.3 is 0 Å². The van der Waals surface area contributed by atoms with Crippen LogP contribution < -0.4 is 0 Å². The number of hydrogen-bond acceptors (Lipinski definition) is 1. The Labute approximate surface area is 73.8 Å². The quantitative estimate of drug-likeness (QED) is 0.533. The van der Waals surface area contributed by atoms with Crippen molar-refractivity contribution in [3.8, 4) is 0 Å². The lowest BCUT2D eigenvalue weighted by Gasteiger charge is -2.06. The summed E-state index contributed by atoms with van der Waals surface area (Å²) in [6.45, 7) is 2.20. The van der Waals surface area contributed by atoms with Crippen molar-refractivity contribution in [2.45, 2.75) is 39.0 Å². The van der Waals surface area contributed by atoms with Crippen LogP contribution in [-0.2, 0) is 12.8 Å². The Bertz CT molecular complexity index is 278. The van der Waals surface area contributed by atoms with Crippen molar-refractivity contribution in [2.75, 3.05) is 0 Å². The van der Waals surface area contributed by atoms with Crippen molar-refractivity contribution >= 4 is 0 Å². The van der Waals surface area contributed by atoms with Crippen molar-refractivity contribution in [3.05, 3.63) is 29.1 Å². The molecular weight excluding hydrogens is 146 g/mol. The molecule has 0 bridgehead atoms. The fraction of sp³-hybridized carbons (Fsp3) is 0.545. The molecule has 0 N–H and O–H groups in total. The predicted molar refractivity (Wildman–Crippen MR) is 50.2 cm³/mol. The SMILES string of the molecule is Cc1ccnc2c1CCCCC2. The second kappa shape index (κ2) is 3.26. The predicted octanol–water partition coefficient (Wildman–Crippen LogP) is 2.66. The number of aryl methyl sites for hydroxylation is 2. The molecule has 0 saturated carbocycles. The lowest BCUT2D eigenvalue weighted by molar-refractivity contribution is 0.708. The molecule has 0 fully saturated rings. The maximum Gasteiger partial charge on any atom is 0.0438 e. The molecule has 0 spiro atoms. The third-order valence-electron chi connectivity index (χ3n) is 2.72. The first-order valence-electron chi connectivity index (χ1n) is 4.81. The monoisotopic (exact) mass is 161 g/mol. The molecule has 0 aliphatic heterocycles. The van der Waals surface area contributed by atoms with E-state index in [4.69, 9.17) is 0 Å². The van der Waals surface area contributed by atoms with Crippen LogP contribution in [0.15, 0.2) is 12.3 Å². The van der Waals surface area contributed by atoms with Gasteiger partial charge in [-0.3, -0.25) is 4.98 Å². The van der Waals surface area contributed by atoms with Gasteiger partial charge in [0.15, 0.2) is 0 Å². The van der Waals surface area contributed by atoms with Gasteiger partial charge in [0.25, 0.3) is 0 Å². The highest BCUT2D eigenvalue weighted by Gasteiger charge is 2.09. The van der Waals surface area contributed by atoms with Gasteiger partial charge < -0.3 is 0 Å². The smallest absolute Gasteiger partial charge is 0.0438 e. The summed E-state index contributed by atoms with van der Waals surface area (Å²) < 4.78 is 0. The summed E-state index contributed by atoms with van der Waals surface area (Å²) in [5.41, 5.74) is 4.31. The number of hydrogen-bond donors (Lipinski definition) is 0. The standard InChI is InChI=1S/C11H15N/c1-9-7-8-12-11-6-4-2-3-5-10(9)11/h7-8H,2-6H2,1H3. The summed E-state index contributed by atoms with van der Waals surface area (Å²) >= 11 is 0. The fourth-order valence-electron chi connectivity index (χ4n) is 1.97. The van der Waals surface area contributed by atoms with Crippen LogP contribution in [0.2, 0.25) is 0 Å². The molecule has 1 heterocycles. The van der Waals surface area contributed by atoms with Gasteiger partial charge in [-0.15, -0.1) is 0 Å². The molecule has 1 aliphatic carbocycles. The fourth-order valence-corrected chi connectivity index (χ4v) is 1.97. The molecule has 0 radical (unpaired) electrons. The molecule has 1 aliphatic rings. The van der Waals surface area contributed by atoms with E-state index in [9.17, 15) is 0 Å². The van der Waals surface area contributed by atoms with E-state index in [1.165, 1.54) is 48.9 Å². The molecular formula is C11H15N. The lowest BCUT2D eigenvalue weighted by atomic mass is 10.0. The molecule has 0 atom stereocenters. The van der Waals surface area contributed by atoms with Gasteiger partial charge in [-0.25, -0.2) is 0 Å². The molecule has 0 aromatic carbocycles. The van der Waals surface area contributed by atoms with Gasteiger partial charge in [-0.2, -0.15) is 0 Å². The summed E-state index contributed by atoms with van der Waals surface area (Å²) in [5.74, 6) is 0. The first-order chi connectivity index (χ1) is 5.88. The van der Waals surface area contributed by atoms with Gasteiger partial charge in [-0.1, -0.05) is 6.42 Å². The molecule has 1 aromatic rings. The number of rotatable bonds is 0. The molecule has 2 rings (SSSR count). The highest BCUT2D eigenvalue weighted by molar-refractivity contribution is 5.29. The number of pyridine rings is 1. The minimum absolute atomic E-state index is 1.19. The van der Waals surface area contributed by atoms with E-state index in [1.54, 1.807) is 0 Å². The first-order valence-corrected chi connectivity index (χ1v) is 4.81. The van der Waals surface area contributed by atoms with Crippen LogP contribution >= 0.6 is 0 Å². The van der Waals surface area contributed by atoms with Gasteiger partial charge in [0, 0.05) is 11.9 Å². The summed E-state index contributed by atoms with van der Waals surface area (Å²) in [7, 11) is 0. The first kappa shape index (κ1) is 7.78. The minimum atomic E-state index is 1.19. The minimum Gasteiger partial charge on any atom is -0.261 e. The zero-order valence-electron chi connectivity index (χ0n) is 7.64. The van der Waals surface area contributed by atoms with Crippen molar-refractivity contribution in [1.82, 2.24) is 4.98 Å². The molecule has 0 amide bonds. The third-order valence-corrected chi connectivity index (χ3v) is 2.72. The normalized spacial score (nSPS) is 16.8. The van der Waals surface area contributed by atoms with Crippen LogP contribution in [0.3, 0.4) is 0 Å². The molecule has 0 saturated heterocycles. The van der Waals surface area contributed by atoms with Crippen LogP contribution in [0.25, 0.3) is 0 Å². The van der Waals surface area contributed by atoms with Crippen LogP contribution in [0.4, 0.5) is 0 Å². The maximum atomic E-state index is 4.44. The summed E-state index contributed by atoms with van der Waals surface area (Å²) in [5, 5.41) is 0. The summed E-state index contributed by atoms with van der Waals surface area (Å²) in [6, 6.07) is 2.13. The molecule has 1 nitrogen and oxygen atoms in total. The number of nitrogens with zero attached hydrogens (tertiary/aromatic N) is 1. The van der Waals surface area contributed by atoms with Gasteiger partial charge in [0.1, 0.15) is 0 Å². The van der Waals surface area contributed by atoms with E-state index in [0.29, 0.717) is 0 Å². The number of aromatic nitrogens is 1. The second-order valence-corrected chi connectivity index (χ2v) is 3.61. The third kappa shape index (κ3) is 1.36. The van der Waals surface area contributed by atoms with Crippen LogP contribution in [0.5, 0.6) is 0 Å². The largest absolute Gasteiger partial charge is 0.261 e. The molecule has 64 valence electrons. The Morgan fingerprint density at radius 3 is 2.92 bits per heavy atom. The van der Waals surface area contributed by atoms with E-state index in [1.807, 2.05) is 6.20 Å². The zero-order chi connectivity index (χ0) is 8.39. The second-order valence-electron chi connectivity index (χ2n) is 3.61. The Balaban J connectivity index is 2.42. The highest BCUT2D eigenvalue weighted by Crippen LogP contribution is 2.20. The molecule has 12 heavy (non-hydrogen) atoms. The van der Waals surface area contributed by atoms with E-state index in [2.05, 4.69) is 18.0 Å². The average molecular weight is 161 g/mol. The maximum absolute atomic E-state index is 4.44. The molecule has 1 heteroatoms. The van der Waals surface area contributed by atoms with Gasteiger partial charge in [0.05, 0.1) is 0 Å². The van der Waals surface area contributed by atoms with Crippen molar-refractivity contribution in [3.63, 3.8) is 0 Å². The Kier molecular flexibility index (Phi) is 2.11. The van der Waals surface area contributed by atoms with Crippen molar-refractivity contribution < 1.29 is 0 Å². The number of fused-ring (bicyclic) bond motifs is 1. The van der Waals surface area contributed by atoms with E-state index >= 15 is 0 Å². The van der Waals surface area contributed by atoms with E-state index < -0.39 is 0 Å². The Morgan fingerprint density at radius 1 is 1.17 bits per heavy atom.